The highest BCUT2D eigenvalue weighted by Crippen LogP contribution is 2.21. The predicted octanol–water partition coefficient (Wildman–Crippen LogP) is 3.00. The Balaban J connectivity index is 2.83. The zero-order valence-electron chi connectivity index (χ0n) is 12.7. The molecule has 0 aliphatic carbocycles. The van der Waals surface area contributed by atoms with Gasteiger partial charge in [0.05, 0.1) is 11.6 Å². The first kappa shape index (κ1) is 15.7. The van der Waals surface area contributed by atoms with Crippen LogP contribution in [0.15, 0.2) is 18.2 Å². The molecule has 106 valence electrons. The van der Waals surface area contributed by atoms with Crippen molar-refractivity contribution < 1.29 is 4.79 Å². The number of amides is 1. The van der Waals surface area contributed by atoms with Crippen LogP contribution < -0.4 is 11.1 Å². The highest BCUT2D eigenvalue weighted by molar-refractivity contribution is 5.85. The molecule has 3 nitrogen and oxygen atoms in total. The number of nitrogens with one attached hydrogen (secondary N) is 1. The summed E-state index contributed by atoms with van der Waals surface area (Å²) in [4.78, 5) is 12.2. The summed E-state index contributed by atoms with van der Waals surface area (Å²) in [5, 5.41) is 3.03. The Morgan fingerprint density at radius 1 is 1.42 bits per heavy atom. The smallest absolute Gasteiger partial charge is 0.240 e. The molecule has 0 bridgehead atoms. The fraction of sp³-hybridized carbons (Fsp3) is 0.562. The van der Waals surface area contributed by atoms with E-state index in [1.165, 1.54) is 11.1 Å². The maximum Gasteiger partial charge on any atom is 0.240 e. The molecule has 2 unspecified atom stereocenters. The van der Waals surface area contributed by atoms with Gasteiger partial charge in [0.15, 0.2) is 0 Å². The maximum atomic E-state index is 12.2. The van der Waals surface area contributed by atoms with Crippen molar-refractivity contribution in [2.75, 3.05) is 0 Å². The molecule has 3 N–H and O–H groups in total. The lowest BCUT2D eigenvalue weighted by atomic mass is 9.94. The second kappa shape index (κ2) is 6.20. The fourth-order valence-corrected chi connectivity index (χ4v) is 2.32. The molecule has 0 saturated carbocycles. The first-order chi connectivity index (χ1) is 8.79. The molecule has 2 atom stereocenters. The van der Waals surface area contributed by atoms with E-state index in [9.17, 15) is 4.79 Å². The molecule has 0 spiro atoms. The average molecular weight is 262 g/mol. The van der Waals surface area contributed by atoms with Crippen LogP contribution >= 0.6 is 0 Å². The van der Waals surface area contributed by atoms with Gasteiger partial charge in [-0.25, -0.2) is 0 Å². The van der Waals surface area contributed by atoms with Crippen LogP contribution in [0, 0.1) is 13.8 Å². The number of nitrogens with two attached hydrogens (primary N) is 1. The summed E-state index contributed by atoms with van der Waals surface area (Å²) in [6.45, 7) is 9.99. The third kappa shape index (κ3) is 3.80. The van der Waals surface area contributed by atoms with Crippen molar-refractivity contribution in [1.82, 2.24) is 5.32 Å². The normalized spacial score (nSPS) is 15.7. The molecule has 1 aromatic rings. The number of rotatable bonds is 5. The van der Waals surface area contributed by atoms with Gasteiger partial charge in [-0.15, -0.1) is 0 Å². The van der Waals surface area contributed by atoms with Crippen molar-refractivity contribution in [3.63, 3.8) is 0 Å². The van der Waals surface area contributed by atoms with Gasteiger partial charge < -0.3 is 11.1 Å². The maximum absolute atomic E-state index is 12.2. The molecule has 1 rings (SSSR count). The SMILES string of the molecule is CCCC(C)(N)C(=O)NC(C)c1cccc(C)c1C. The standard InChI is InChI=1S/C16H26N2O/c1-6-10-16(5,17)15(19)18-13(4)14-9-7-8-11(2)12(14)3/h7-9,13H,6,10,17H2,1-5H3,(H,18,19). The highest BCUT2D eigenvalue weighted by Gasteiger charge is 2.28. The number of aryl methyl sites for hydroxylation is 1. The van der Waals surface area contributed by atoms with Gasteiger partial charge in [-0.3, -0.25) is 4.79 Å². The van der Waals surface area contributed by atoms with E-state index in [0.29, 0.717) is 6.42 Å². The Morgan fingerprint density at radius 2 is 2.05 bits per heavy atom. The second-order valence-corrected chi connectivity index (χ2v) is 5.65. The summed E-state index contributed by atoms with van der Waals surface area (Å²) in [6.07, 6.45) is 1.59. The molecule has 0 aromatic heterocycles. The van der Waals surface area contributed by atoms with Crippen molar-refractivity contribution >= 4 is 5.91 Å². The van der Waals surface area contributed by atoms with Crippen LogP contribution in [0.2, 0.25) is 0 Å². The van der Waals surface area contributed by atoms with Crippen LogP contribution in [0.1, 0.15) is 56.3 Å². The van der Waals surface area contributed by atoms with Crippen molar-refractivity contribution in [3.8, 4) is 0 Å². The zero-order chi connectivity index (χ0) is 14.6. The van der Waals surface area contributed by atoms with E-state index < -0.39 is 5.54 Å². The number of hydrogen-bond acceptors (Lipinski definition) is 2. The first-order valence-corrected chi connectivity index (χ1v) is 6.95. The van der Waals surface area contributed by atoms with Crippen LogP contribution in [0.3, 0.4) is 0 Å². The predicted molar refractivity (Wildman–Crippen MR) is 80.0 cm³/mol. The molecule has 19 heavy (non-hydrogen) atoms. The minimum Gasteiger partial charge on any atom is -0.348 e. The summed E-state index contributed by atoms with van der Waals surface area (Å²) >= 11 is 0. The molecular formula is C16H26N2O. The molecule has 0 aliphatic rings. The Hall–Kier alpha value is -1.35. The number of hydrogen-bond donors (Lipinski definition) is 2. The Bertz CT molecular complexity index is 452. The van der Waals surface area contributed by atoms with Gasteiger partial charge in [0.25, 0.3) is 0 Å². The zero-order valence-corrected chi connectivity index (χ0v) is 12.7. The second-order valence-electron chi connectivity index (χ2n) is 5.65. The summed E-state index contributed by atoms with van der Waals surface area (Å²) < 4.78 is 0. The Kier molecular flexibility index (Phi) is 5.12. The molecular weight excluding hydrogens is 236 g/mol. The quantitative estimate of drug-likeness (QED) is 0.857. The summed E-state index contributed by atoms with van der Waals surface area (Å²) in [5.74, 6) is -0.0808. The molecule has 1 amide bonds. The van der Waals surface area contributed by atoms with Crippen LogP contribution in [0.25, 0.3) is 0 Å². The summed E-state index contributed by atoms with van der Waals surface area (Å²) in [6, 6.07) is 6.14. The topological polar surface area (TPSA) is 55.1 Å². The van der Waals surface area contributed by atoms with Crippen LogP contribution in [-0.2, 0) is 4.79 Å². The van der Waals surface area contributed by atoms with Gasteiger partial charge in [0.1, 0.15) is 0 Å². The lowest BCUT2D eigenvalue weighted by Crippen LogP contribution is -2.52. The average Bonchev–Trinajstić information content (AvgIpc) is 2.32. The molecule has 0 saturated heterocycles. The van der Waals surface area contributed by atoms with Crippen molar-refractivity contribution in [2.45, 2.75) is 59.0 Å². The Morgan fingerprint density at radius 3 is 2.63 bits per heavy atom. The lowest BCUT2D eigenvalue weighted by Gasteiger charge is -2.26. The van der Waals surface area contributed by atoms with E-state index in [1.54, 1.807) is 6.92 Å². The lowest BCUT2D eigenvalue weighted by molar-refractivity contribution is -0.126. The minimum atomic E-state index is -0.791. The third-order valence-electron chi connectivity index (χ3n) is 3.75. The van der Waals surface area contributed by atoms with Crippen LogP contribution in [-0.4, -0.2) is 11.4 Å². The van der Waals surface area contributed by atoms with Gasteiger partial charge in [0.2, 0.25) is 5.91 Å². The number of carbonyl (C=O) groups is 1. The molecule has 3 heteroatoms. The van der Waals surface area contributed by atoms with E-state index in [4.69, 9.17) is 5.73 Å². The van der Waals surface area contributed by atoms with Gasteiger partial charge in [-0.1, -0.05) is 31.5 Å². The molecule has 0 aliphatic heterocycles. The van der Waals surface area contributed by atoms with E-state index in [0.717, 1.165) is 12.0 Å². The van der Waals surface area contributed by atoms with E-state index in [1.807, 2.05) is 19.9 Å². The van der Waals surface area contributed by atoms with Gasteiger partial charge >= 0.3 is 0 Å². The summed E-state index contributed by atoms with van der Waals surface area (Å²) in [7, 11) is 0. The molecule has 0 fully saturated rings. The summed E-state index contributed by atoms with van der Waals surface area (Å²) in [5.41, 5.74) is 8.88. The molecule has 0 radical (unpaired) electrons. The van der Waals surface area contributed by atoms with Gasteiger partial charge in [-0.2, -0.15) is 0 Å². The first-order valence-electron chi connectivity index (χ1n) is 6.95. The van der Waals surface area contributed by atoms with Crippen LogP contribution in [0.5, 0.6) is 0 Å². The number of benzene rings is 1. The monoisotopic (exact) mass is 262 g/mol. The van der Waals surface area contributed by atoms with E-state index in [2.05, 4.69) is 31.3 Å². The fourth-order valence-electron chi connectivity index (χ4n) is 2.32. The number of carbonyl (C=O) groups excluding carboxylic acids is 1. The van der Waals surface area contributed by atoms with E-state index in [-0.39, 0.29) is 11.9 Å². The van der Waals surface area contributed by atoms with Gasteiger partial charge in [0, 0.05) is 0 Å². The third-order valence-corrected chi connectivity index (χ3v) is 3.75. The molecule has 1 aromatic carbocycles. The van der Waals surface area contributed by atoms with E-state index >= 15 is 0 Å². The van der Waals surface area contributed by atoms with Gasteiger partial charge in [-0.05, 0) is 50.8 Å². The van der Waals surface area contributed by atoms with Crippen molar-refractivity contribution in [2.24, 2.45) is 5.73 Å². The van der Waals surface area contributed by atoms with Crippen molar-refractivity contribution in [1.29, 1.82) is 0 Å². The molecule has 0 heterocycles. The highest BCUT2D eigenvalue weighted by atomic mass is 16.2. The Labute approximate surface area is 116 Å². The minimum absolute atomic E-state index is 0.0212. The van der Waals surface area contributed by atoms with Crippen molar-refractivity contribution in [3.05, 3.63) is 34.9 Å². The van der Waals surface area contributed by atoms with Crippen LogP contribution in [0.4, 0.5) is 0 Å². The largest absolute Gasteiger partial charge is 0.348 e.